The van der Waals surface area contributed by atoms with Crippen LogP contribution in [0.15, 0.2) is 32.0 Å². The standard InChI is InChI=1S/C10H12Br3NO2S/c1-2-14(6-5-11)17(15,16)10-7-8(12)3-4-9(10)13/h3-4,7H,2,5-6H2,1H3. The summed E-state index contributed by atoms with van der Waals surface area (Å²) in [7, 11) is -3.44. The van der Waals surface area contributed by atoms with Crippen LogP contribution >= 0.6 is 47.8 Å². The fourth-order valence-electron chi connectivity index (χ4n) is 1.36. The van der Waals surface area contributed by atoms with Gasteiger partial charge in [-0.3, -0.25) is 0 Å². The third-order valence-corrected chi connectivity index (χ3v) is 6.01. The Hall–Kier alpha value is 0.570. The normalized spacial score (nSPS) is 12.1. The van der Waals surface area contributed by atoms with Gasteiger partial charge in [-0.1, -0.05) is 38.8 Å². The largest absolute Gasteiger partial charge is 0.244 e. The fraction of sp³-hybridized carbons (Fsp3) is 0.400. The topological polar surface area (TPSA) is 37.4 Å². The van der Waals surface area contributed by atoms with E-state index in [-0.39, 0.29) is 4.90 Å². The molecule has 1 aromatic carbocycles. The van der Waals surface area contributed by atoms with E-state index in [1.54, 1.807) is 18.2 Å². The number of benzene rings is 1. The van der Waals surface area contributed by atoms with E-state index >= 15 is 0 Å². The van der Waals surface area contributed by atoms with Gasteiger partial charge >= 0.3 is 0 Å². The number of hydrogen-bond donors (Lipinski definition) is 0. The lowest BCUT2D eigenvalue weighted by Crippen LogP contribution is -2.32. The van der Waals surface area contributed by atoms with E-state index < -0.39 is 10.0 Å². The third-order valence-electron chi connectivity index (χ3n) is 2.20. The van der Waals surface area contributed by atoms with E-state index in [2.05, 4.69) is 47.8 Å². The Bertz CT molecular complexity index is 490. The Kier molecular flexibility index (Phi) is 6.12. The Morgan fingerprint density at radius 3 is 2.47 bits per heavy atom. The quantitative estimate of drug-likeness (QED) is 0.644. The average molecular weight is 450 g/mol. The first-order valence-corrected chi connectivity index (χ1v) is 9.09. The molecule has 17 heavy (non-hydrogen) atoms. The van der Waals surface area contributed by atoms with Crippen LogP contribution in [0.3, 0.4) is 0 Å². The van der Waals surface area contributed by atoms with Crippen LogP contribution in [0.2, 0.25) is 0 Å². The van der Waals surface area contributed by atoms with E-state index in [1.807, 2.05) is 6.92 Å². The van der Waals surface area contributed by atoms with Gasteiger partial charge in [-0.2, -0.15) is 4.31 Å². The van der Waals surface area contributed by atoms with E-state index in [0.717, 1.165) is 4.47 Å². The molecule has 0 fully saturated rings. The summed E-state index contributed by atoms with van der Waals surface area (Å²) >= 11 is 9.82. The zero-order chi connectivity index (χ0) is 13.1. The van der Waals surface area contributed by atoms with Gasteiger partial charge in [0, 0.05) is 27.4 Å². The Morgan fingerprint density at radius 2 is 1.94 bits per heavy atom. The summed E-state index contributed by atoms with van der Waals surface area (Å²) < 4.78 is 27.5. The van der Waals surface area contributed by atoms with Gasteiger partial charge in [-0.15, -0.1) is 0 Å². The molecule has 0 bridgehead atoms. The average Bonchev–Trinajstić information content (AvgIpc) is 2.28. The molecule has 0 aromatic heterocycles. The molecule has 0 atom stereocenters. The van der Waals surface area contributed by atoms with Crippen LogP contribution < -0.4 is 0 Å². The number of alkyl halides is 1. The summed E-state index contributed by atoms with van der Waals surface area (Å²) in [5, 5.41) is 0.617. The summed E-state index contributed by atoms with van der Waals surface area (Å²) in [6.45, 7) is 2.73. The molecule has 0 aliphatic heterocycles. The van der Waals surface area contributed by atoms with Crippen molar-refractivity contribution in [2.75, 3.05) is 18.4 Å². The summed E-state index contributed by atoms with van der Waals surface area (Å²) in [5.74, 6) is 0. The Morgan fingerprint density at radius 1 is 1.29 bits per heavy atom. The fourth-order valence-corrected chi connectivity index (χ4v) is 4.93. The molecule has 0 radical (unpaired) electrons. The summed E-state index contributed by atoms with van der Waals surface area (Å²) in [4.78, 5) is 0.287. The molecule has 0 N–H and O–H groups in total. The highest BCUT2D eigenvalue weighted by Gasteiger charge is 2.24. The summed E-state index contributed by atoms with van der Waals surface area (Å²) in [6, 6.07) is 5.12. The van der Waals surface area contributed by atoms with Crippen LogP contribution in [0.4, 0.5) is 0 Å². The molecule has 0 spiro atoms. The van der Waals surface area contributed by atoms with Crippen molar-refractivity contribution in [3.8, 4) is 0 Å². The van der Waals surface area contributed by atoms with Gasteiger partial charge in [0.25, 0.3) is 0 Å². The molecule has 1 rings (SSSR count). The monoisotopic (exact) mass is 447 g/mol. The highest BCUT2D eigenvalue weighted by Crippen LogP contribution is 2.28. The van der Waals surface area contributed by atoms with Gasteiger partial charge in [0.2, 0.25) is 10.0 Å². The number of sulfonamides is 1. The second-order valence-corrected chi connectivity index (χ2v) is 7.73. The van der Waals surface area contributed by atoms with Crippen molar-refractivity contribution in [3.05, 3.63) is 27.1 Å². The maximum absolute atomic E-state index is 12.4. The molecule has 0 unspecified atom stereocenters. The minimum Gasteiger partial charge on any atom is -0.207 e. The van der Waals surface area contributed by atoms with Crippen molar-refractivity contribution in [2.45, 2.75) is 11.8 Å². The first-order chi connectivity index (χ1) is 7.93. The maximum Gasteiger partial charge on any atom is 0.244 e. The van der Waals surface area contributed by atoms with Crippen LogP contribution in [0.25, 0.3) is 0 Å². The second-order valence-electron chi connectivity index (χ2n) is 3.26. The van der Waals surface area contributed by atoms with Crippen molar-refractivity contribution in [3.63, 3.8) is 0 Å². The number of nitrogens with zero attached hydrogens (tertiary/aromatic N) is 1. The van der Waals surface area contributed by atoms with E-state index in [4.69, 9.17) is 0 Å². The lowest BCUT2D eigenvalue weighted by molar-refractivity contribution is 0.448. The maximum atomic E-state index is 12.4. The smallest absolute Gasteiger partial charge is 0.207 e. The molecule has 7 heteroatoms. The van der Waals surface area contributed by atoms with Gasteiger partial charge in [0.05, 0.1) is 4.90 Å². The van der Waals surface area contributed by atoms with Crippen LogP contribution in [-0.4, -0.2) is 31.1 Å². The molecule has 0 aliphatic carbocycles. The van der Waals surface area contributed by atoms with Gasteiger partial charge in [0.15, 0.2) is 0 Å². The van der Waals surface area contributed by atoms with Crippen LogP contribution in [0.1, 0.15) is 6.92 Å². The SMILES string of the molecule is CCN(CCBr)S(=O)(=O)c1cc(Br)ccc1Br. The number of rotatable bonds is 5. The zero-order valence-electron chi connectivity index (χ0n) is 9.16. The minimum atomic E-state index is -3.44. The molecule has 0 amide bonds. The van der Waals surface area contributed by atoms with E-state index in [9.17, 15) is 8.42 Å². The molecular weight excluding hydrogens is 438 g/mol. The predicted molar refractivity (Wildman–Crippen MR) is 80.1 cm³/mol. The van der Waals surface area contributed by atoms with Crippen LogP contribution in [0.5, 0.6) is 0 Å². The molecule has 0 heterocycles. The molecule has 96 valence electrons. The van der Waals surface area contributed by atoms with Crippen molar-refractivity contribution in [2.24, 2.45) is 0 Å². The summed E-state index contributed by atoms with van der Waals surface area (Å²) in [5.41, 5.74) is 0. The number of hydrogen-bond acceptors (Lipinski definition) is 2. The highest BCUT2D eigenvalue weighted by molar-refractivity contribution is 9.11. The molecular formula is C10H12Br3NO2S. The van der Waals surface area contributed by atoms with Crippen LogP contribution in [-0.2, 0) is 10.0 Å². The van der Waals surface area contributed by atoms with Crippen LogP contribution in [0, 0.1) is 0 Å². The molecule has 0 aliphatic rings. The first kappa shape index (κ1) is 15.6. The first-order valence-electron chi connectivity index (χ1n) is 4.94. The van der Waals surface area contributed by atoms with Gasteiger partial charge in [-0.05, 0) is 34.1 Å². The third kappa shape index (κ3) is 3.76. The van der Waals surface area contributed by atoms with E-state index in [1.165, 1.54) is 4.31 Å². The molecule has 0 saturated heterocycles. The van der Waals surface area contributed by atoms with Gasteiger partial charge in [-0.25, -0.2) is 8.42 Å². The lowest BCUT2D eigenvalue weighted by Gasteiger charge is -2.20. The second kappa shape index (κ2) is 6.65. The van der Waals surface area contributed by atoms with Gasteiger partial charge < -0.3 is 0 Å². The highest BCUT2D eigenvalue weighted by atomic mass is 79.9. The van der Waals surface area contributed by atoms with Crippen molar-refractivity contribution < 1.29 is 8.42 Å². The Labute approximate surface area is 127 Å². The van der Waals surface area contributed by atoms with Crippen molar-refractivity contribution in [1.29, 1.82) is 0 Å². The lowest BCUT2D eigenvalue weighted by atomic mass is 10.4. The number of halogens is 3. The van der Waals surface area contributed by atoms with Crippen molar-refractivity contribution >= 4 is 57.8 Å². The van der Waals surface area contributed by atoms with E-state index in [0.29, 0.717) is 22.9 Å². The van der Waals surface area contributed by atoms with Gasteiger partial charge in [0.1, 0.15) is 0 Å². The Balaban J connectivity index is 3.24. The molecule has 0 saturated carbocycles. The van der Waals surface area contributed by atoms with Crippen molar-refractivity contribution in [1.82, 2.24) is 4.31 Å². The minimum absolute atomic E-state index is 0.287. The summed E-state index contributed by atoms with van der Waals surface area (Å²) in [6.07, 6.45) is 0. The predicted octanol–water partition coefficient (Wildman–Crippen LogP) is 3.62. The molecule has 1 aromatic rings. The molecule has 3 nitrogen and oxygen atoms in total. The zero-order valence-corrected chi connectivity index (χ0v) is 14.7.